The van der Waals surface area contributed by atoms with Gasteiger partial charge in [-0.25, -0.2) is 0 Å². The van der Waals surface area contributed by atoms with Crippen LogP contribution in [0.3, 0.4) is 0 Å². The van der Waals surface area contributed by atoms with Crippen LogP contribution in [-0.4, -0.2) is 23.9 Å². The molecule has 0 fully saturated rings. The van der Waals surface area contributed by atoms with Gasteiger partial charge >= 0.3 is 49.2 Å². The van der Waals surface area contributed by atoms with Crippen molar-refractivity contribution >= 4 is 39.3 Å². The van der Waals surface area contributed by atoms with E-state index >= 15 is 0 Å². The number of aromatic nitrogens is 2. The van der Waals surface area contributed by atoms with Crippen molar-refractivity contribution in [3.63, 3.8) is 0 Å². The number of halogens is 2. The third kappa shape index (κ3) is 7.89. The van der Waals surface area contributed by atoms with Crippen LogP contribution in [0.4, 0.5) is 0 Å². The average Bonchev–Trinajstić information content (AvgIpc) is 2.29. The minimum Gasteiger partial charge on any atom is -0.255 e. The Balaban J connectivity index is 0.000000249. The third-order valence-electron chi connectivity index (χ3n) is 1.59. The van der Waals surface area contributed by atoms with Gasteiger partial charge in [0, 0.05) is 12.4 Å². The zero-order chi connectivity index (χ0) is 12.7. The summed E-state index contributed by atoms with van der Waals surface area (Å²) in [6.45, 7) is 0. The topological polar surface area (TPSA) is 25.8 Å². The zero-order valence-electron chi connectivity index (χ0n) is 9.77. The van der Waals surface area contributed by atoms with E-state index in [1.165, 1.54) is 0 Å². The van der Waals surface area contributed by atoms with Crippen LogP contribution in [0, 0.1) is 0 Å². The molecule has 0 amide bonds. The van der Waals surface area contributed by atoms with Gasteiger partial charge in [-0.2, -0.15) is 0 Å². The fourth-order valence-electron chi connectivity index (χ4n) is 1.03. The van der Waals surface area contributed by atoms with Crippen LogP contribution in [0.5, 0.6) is 0 Å². The zero-order valence-corrected chi connectivity index (χ0v) is 15.8. The molecule has 2 heterocycles. The minimum atomic E-state index is -1.55. The molecule has 5 heteroatoms. The predicted octanol–water partition coefficient (Wildman–Crippen LogP) is 4.62. The van der Waals surface area contributed by atoms with Crippen LogP contribution in [0.25, 0.3) is 11.4 Å². The number of nitrogens with zero attached hydrogens (tertiary/aromatic N) is 2. The van der Waals surface area contributed by atoms with E-state index in [1.807, 2.05) is 36.4 Å². The van der Waals surface area contributed by atoms with Crippen LogP contribution < -0.4 is 0 Å². The number of hydrogen-bond acceptors (Lipinski definition) is 2. The van der Waals surface area contributed by atoms with Crippen molar-refractivity contribution in [2.45, 2.75) is 9.88 Å². The van der Waals surface area contributed by atoms with Crippen LogP contribution in [0.1, 0.15) is 0 Å². The van der Waals surface area contributed by atoms with Gasteiger partial charge in [0.25, 0.3) is 0 Å². The fraction of sp³-hybridized carbons (Fsp3) is 0.167. The normalized spacial score (nSPS) is 10.4. The first-order valence-electron chi connectivity index (χ1n) is 5.17. The molecule has 0 saturated carbocycles. The Kier molecular flexibility index (Phi) is 6.66. The van der Waals surface area contributed by atoms with Gasteiger partial charge in [-0.05, 0) is 24.3 Å². The number of hydrogen-bond donors (Lipinski definition) is 0. The summed E-state index contributed by atoms with van der Waals surface area (Å²) in [4.78, 5) is 12.8. The van der Waals surface area contributed by atoms with Gasteiger partial charge in [0.15, 0.2) is 0 Å². The van der Waals surface area contributed by atoms with Gasteiger partial charge in [0.2, 0.25) is 0 Å². The van der Waals surface area contributed by atoms with Crippen molar-refractivity contribution in [3.05, 3.63) is 48.8 Å². The molecule has 0 unspecified atom stereocenters. The second-order valence-electron chi connectivity index (χ2n) is 3.76. The fourth-order valence-corrected chi connectivity index (χ4v) is 1.03. The van der Waals surface area contributed by atoms with E-state index in [4.69, 9.17) is 0 Å². The molecule has 17 heavy (non-hydrogen) atoms. The summed E-state index contributed by atoms with van der Waals surface area (Å²) in [6.07, 6.45) is 3.54. The Hall–Kier alpha value is 0.0587. The van der Waals surface area contributed by atoms with E-state index in [0.717, 1.165) is 11.4 Å². The standard InChI is InChI=1S/C10H8N2.2CH3.2BrH.Sn/c1-3-7-11-9(5-1)10-6-2-4-8-12-10;;;;;/h1-8H;2*1H3;2*1H;/q;;;;;+2/p-2. The SMILES string of the molecule is [CH3][Sn]([CH3])([Br])[Br].c1ccc(-c2ccccn2)nc1. The molecule has 0 radical (unpaired) electrons. The average molecular weight is 465 g/mol. The first-order valence-corrected chi connectivity index (χ1v) is 23.7. The van der Waals surface area contributed by atoms with E-state index in [0.29, 0.717) is 0 Å². The van der Waals surface area contributed by atoms with E-state index < -0.39 is 13.9 Å². The Labute approximate surface area is 118 Å². The molecule has 2 aromatic heterocycles. The summed E-state index contributed by atoms with van der Waals surface area (Å²) in [5.41, 5.74) is 1.83. The summed E-state index contributed by atoms with van der Waals surface area (Å²) in [5, 5.41) is 0. The summed E-state index contributed by atoms with van der Waals surface area (Å²) >= 11 is 5.45. The van der Waals surface area contributed by atoms with E-state index in [1.54, 1.807) is 12.4 Å². The van der Waals surface area contributed by atoms with Crippen molar-refractivity contribution in [1.29, 1.82) is 0 Å². The molecule has 2 nitrogen and oxygen atoms in total. The quantitative estimate of drug-likeness (QED) is 0.576. The third-order valence-corrected chi connectivity index (χ3v) is 1.59. The van der Waals surface area contributed by atoms with Gasteiger partial charge < -0.3 is 0 Å². The summed E-state index contributed by atoms with van der Waals surface area (Å²) in [6, 6.07) is 11.6. The van der Waals surface area contributed by atoms with Gasteiger partial charge in [-0.1, -0.05) is 12.1 Å². The number of rotatable bonds is 1. The Morgan fingerprint density at radius 3 is 1.41 bits per heavy atom. The van der Waals surface area contributed by atoms with Gasteiger partial charge in [0.05, 0.1) is 11.4 Å². The maximum Gasteiger partial charge on any atom is 0.0886 e. The predicted molar refractivity (Wildman–Crippen MR) is 82.8 cm³/mol. The van der Waals surface area contributed by atoms with E-state index in [-0.39, 0.29) is 0 Å². The monoisotopic (exact) mass is 464 g/mol. The Bertz CT molecular complexity index is 386. The van der Waals surface area contributed by atoms with E-state index in [2.05, 4.69) is 45.3 Å². The van der Waals surface area contributed by atoms with Crippen LogP contribution in [0.15, 0.2) is 48.8 Å². The molecule has 0 saturated heterocycles. The molecule has 0 aliphatic carbocycles. The smallest absolute Gasteiger partial charge is 0.0886 e. The largest absolute Gasteiger partial charge is 0.255 e. The Morgan fingerprint density at radius 2 is 1.18 bits per heavy atom. The molecule has 90 valence electrons. The molecular formula is C12H14Br2N2Sn. The van der Waals surface area contributed by atoms with Gasteiger partial charge in [-0.15, -0.1) is 0 Å². The van der Waals surface area contributed by atoms with Crippen molar-refractivity contribution in [2.75, 3.05) is 0 Å². The van der Waals surface area contributed by atoms with Crippen molar-refractivity contribution in [3.8, 4) is 11.4 Å². The van der Waals surface area contributed by atoms with Crippen LogP contribution in [0.2, 0.25) is 9.88 Å². The number of pyridine rings is 2. The molecule has 0 aromatic carbocycles. The summed E-state index contributed by atoms with van der Waals surface area (Å²) in [7, 11) is 0. The van der Waals surface area contributed by atoms with Gasteiger partial charge in [0.1, 0.15) is 0 Å². The molecule has 0 aliphatic heterocycles. The van der Waals surface area contributed by atoms with Crippen molar-refractivity contribution in [2.24, 2.45) is 0 Å². The molecule has 2 rings (SSSR count). The molecule has 0 aliphatic rings. The Morgan fingerprint density at radius 1 is 0.824 bits per heavy atom. The molecule has 2 aromatic rings. The molecular weight excluding hydrogens is 451 g/mol. The summed E-state index contributed by atoms with van der Waals surface area (Å²) in [5.74, 6) is 0. The molecule has 0 N–H and O–H groups in total. The molecule has 0 atom stereocenters. The first kappa shape index (κ1) is 15.1. The second kappa shape index (κ2) is 7.48. The molecule has 0 bridgehead atoms. The van der Waals surface area contributed by atoms with Crippen molar-refractivity contribution in [1.82, 2.24) is 9.97 Å². The van der Waals surface area contributed by atoms with Crippen LogP contribution >= 0.6 is 25.4 Å². The second-order valence-corrected chi connectivity index (χ2v) is 45.1. The summed E-state index contributed by atoms with van der Waals surface area (Å²) < 4.78 is 0. The van der Waals surface area contributed by atoms with Gasteiger partial charge in [-0.3, -0.25) is 9.97 Å². The van der Waals surface area contributed by atoms with Crippen LogP contribution in [-0.2, 0) is 0 Å². The molecule has 0 spiro atoms. The maximum absolute atomic E-state index is 4.19. The minimum absolute atomic E-state index is 0.915. The van der Waals surface area contributed by atoms with Crippen molar-refractivity contribution < 1.29 is 0 Å². The van der Waals surface area contributed by atoms with E-state index in [9.17, 15) is 0 Å². The maximum atomic E-state index is 4.19. The first-order chi connectivity index (χ1) is 7.97.